The van der Waals surface area contributed by atoms with Crippen molar-refractivity contribution in [2.45, 2.75) is 13.0 Å². The molecule has 2 amide bonds. The minimum absolute atomic E-state index is 0.0670. The third-order valence-corrected chi connectivity index (χ3v) is 1.37. The van der Waals surface area contributed by atoms with Gasteiger partial charge in [-0.2, -0.15) is 0 Å². The van der Waals surface area contributed by atoms with Crippen molar-refractivity contribution in [1.82, 2.24) is 5.32 Å². The fourth-order valence-electron chi connectivity index (χ4n) is 0.577. The Morgan fingerprint density at radius 3 is 2.62 bits per heavy atom. The summed E-state index contributed by atoms with van der Waals surface area (Å²) in [5.41, 5.74) is 4.70. The molecular weight excluding hydrogens is 176 g/mol. The zero-order valence-electron chi connectivity index (χ0n) is 7.70. The topological polar surface area (TPSA) is 90.7 Å². The summed E-state index contributed by atoms with van der Waals surface area (Å²) in [4.78, 5) is 21.1. The van der Waals surface area contributed by atoms with E-state index in [2.05, 4.69) is 10.1 Å². The maximum absolute atomic E-state index is 11.0. The van der Waals surface area contributed by atoms with E-state index in [-0.39, 0.29) is 19.1 Å². The van der Waals surface area contributed by atoms with Gasteiger partial charge in [-0.1, -0.05) is 0 Å². The number of nitrogens with two attached hydrogens (primary N) is 1. The molecule has 0 bridgehead atoms. The van der Waals surface area contributed by atoms with Crippen molar-refractivity contribution in [2.24, 2.45) is 5.73 Å². The summed E-state index contributed by atoms with van der Waals surface area (Å²) < 4.78 is 9.13. The second kappa shape index (κ2) is 6.24. The van der Waals surface area contributed by atoms with Crippen LogP contribution in [0.1, 0.15) is 6.92 Å². The quantitative estimate of drug-likeness (QED) is 0.557. The predicted molar refractivity (Wildman–Crippen MR) is 45.0 cm³/mol. The highest BCUT2D eigenvalue weighted by Gasteiger charge is 2.09. The molecule has 0 spiro atoms. The molecule has 1 unspecified atom stereocenters. The number of methoxy groups -OCH3 is 1. The number of primary amides is 1. The lowest BCUT2D eigenvalue weighted by molar-refractivity contribution is -0.130. The monoisotopic (exact) mass is 190 g/mol. The van der Waals surface area contributed by atoms with Crippen LogP contribution in [0.25, 0.3) is 0 Å². The molecule has 1 atom stereocenters. The molecule has 0 aromatic rings. The molecule has 6 nitrogen and oxygen atoms in total. The lowest BCUT2D eigenvalue weighted by atomic mass is 10.4. The SMILES string of the molecule is COC(C)C(=O)NCCOC(N)=O. The number of ether oxygens (including phenoxy) is 2. The Morgan fingerprint density at radius 2 is 2.15 bits per heavy atom. The second-order valence-electron chi connectivity index (χ2n) is 2.34. The number of carbonyl (C=O) groups excluding carboxylic acids is 2. The molecule has 0 aliphatic heterocycles. The van der Waals surface area contributed by atoms with Crippen molar-refractivity contribution in [3.63, 3.8) is 0 Å². The fraction of sp³-hybridized carbons (Fsp3) is 0.714. The van der Waals surface area contributed by atoms with E-state index in [0.29, 0.717) is 0 Å². The van der Waals surface area contributed by atoms with E-state index in [4.69, 9.17) is 10.5 Å². The molecule has 0 fully saturated rings. The van der Waals surface area contributed by atoms with E-state index < -0.39 is 12.2 Å². The largest absolute Gasteiger partial charge is 0.448 e. The van der Waals surface area contributed by atoms with Gasteiger partial charge in [-0.3, -0.25) is 4.79 Å². The van der Waals surface area contributed by atoms with Gasteiger partial charge in [-0.05, 0) is 6.92 Å². The van der Waals surface area contributed by atoms with Crippen LogP contribution < -0.4 is 11.1 Å². The molecule has 0 aliphatic carbocycles. The number of amides is 2. The van der Waals surface area contributed by atoms with Gasteiger partial charge in [-0.15, -0.1) is 0 Å². The van der Waals surface area contributed by atoms with Crippen LogP contribution in [-0.4, -0.2) is 38.4 Å². The number of carbonyl (C=O) groups is 2. The average molecular weight is 190 g/mol. The fourth-order valence-corrected chi connectivity index (χ4v) is 0.577. The standard InChI is InChI=1S/C7H14N2O4/c1-5(12-2)6(10)9-3-4-13-7(8)11/h5H,3-4H2,1-2H3,(H2,8,11)(H,9,10). The Kier molecular flexibility index (Phi) is 5.62. The highest BCUT2D eigenvalue weighted by Crippen LogP contribution is 1.85. The minimum Gasteiger partial charge on any atom is -0.448 e. The van der Waals surface area contributed by atoms with Crippen LogP contribution in [0.15, 0.2) is 0 Å². The van der Waals surface area contributed by atoms with Gasteiger partial charge in [0.1, 0.15) is 12.7 Å². The smallest absolute Gasteiger partial charge is 0.404 e. The van der Waals surface area contributed by atoms with E-state index in [9.17, 15) is 9.59 Å². The number of nitrogens with one attached hydrogen (secondary N) is 1. The molecule has 0 rings (SSSR count). The summed E-state index contributed by atoms with van der Waals surface area (Å²) in [6, 6.07) is 0. The van der Waals surface area contributed by atoms with E-state index in [1.807, 2.05) is 0 Å². The van der Waals surface area contributed by atoms with Crippen molar-refractivity contribution < 1.29 is 19.1 Å². The van der Waals surface area contributed by atoms with Crippen molar-refractivity contribution in [2.75, 3.05) is 20.3 Å². The van der Waals surface area contributed by atoms with Crippen LogP contribution in [0.5, 0.6) is 0 Å². The number of hydrogen-bond acceptors (Lipinski definition) is 4. The molecule has 0 saturated heterocycles. The molecule has 0 saturated carbocycles. The first-order chi connectivity index (χ1) is 6.07. The van der Waals surface area contributed by atoms with E-state index in [1.165, 1.54) is 7.11 Å². The highest BCUT2D eigenvalue weighted by molar-refractivity contribution is 5.80. The van der Waals surface area contributed by atoms with Gasteiger partial charge in [0.2, 0.25) is 5.91 Å². The molecule has 0 aliphatic rings. The van der Waals surface area contributed by atoms with Crippen LogP contribution in [0.2, 0.25) is 0 Å². The summed E-state index contributed by atoms with van der Waals surface area (Å²) in [5, 5.41) is 2.49. The molecule has 0 radical (unpaired) electrons. The van der Waals surface area contributed by atoms with Crippen molar-refractivity contribution >= 4 is 12.0 Å². The molecule has 3 N–H and O–H groups in total. The summed E-state index contributed by atoms with van der Waals surface area (Å²) in [7, 11) is 1.43. The average Bonchev–Trinajstić information content (AvgIpc) is 2.10. The summed E-state index contributed by atoms with van der Waals surface area (Å²) >= 11 is 0. The first-order valence-corrected chi connectivity index (χ1v) is 3.80. The first kappa shape index (κ1) is 11.7. The molecule has 13 heavy (non-hydrogen) atoms. The Bertz CT molecular complexity index is 183. The van der Waals surface area contributed by atoms with Crippen molar-refractivity contribution in [1.29, 1.82) is 0 Å². The van der Waals surface area contributed by atoms with Crippen LogP contribution >= 0.6 is 0 Å². The van der Waals surface area contributed by atoms with Gasteiger partial charge in [0, 0.05) is 7.11 Å². The first-order valence-electron chi connectivity index (χ1n) is 3.80. The van der Waals surface area contributed by atoms with Gasteiger partial charge >= 0.3 is 6.09 Å². The predicted octanol–water partition coefficient (Wildman–Crippen LogP) is -0.767. The van der Waals surface area contributed by atoms with E-state index in [0.717, 1.165) is 0 Å². The Labute approximate surface area is 76.4 Å². The molecular formula is C7H14N2O4. The van der Waals surface area contributed by atoms with Crippen LogP contribution in [0, 0.1) is 0 Å². The lowest BCUT2D eigenvalue weighted by Crippen LogP contribution is -2.36. The normalized spacial score (nSPS) is 11.8. The Morgan fingerprint density at radius 1 is 1.54 bits per heavy atom. The summed E-state index contributed by atoms with van der Waals surface area (Å²) in [6.45, 7) is 1.91. The van der Waals surface area contributed by atoms with Crippen molar-refractivity contribution in [3.05, 3.63) is 0 Å². The maximum Gasteiger partial charge on any atom is 0.404 e. The van der Waals surface area contributed by atoms with Crippen LogP contribution in [0.4, 0.5) is 4.79 Å². The Balaban J connectivity index is 3.42. The zero-order chi connectivity index (χ0) is 10.3. The molecule has 6 heteroatoms. The van der Waals surface area contributed by atoms with Crippen LogP contribution in [0.3, 0.4) is 0 Å². The van der Waals surface area contributed by atoms with E-state index >= 15 is 0 Å². The zero-order valence-corrected chi connectivity index (χ0v) is 7.70. The maximum atomic E-state index is 11.0. The van der Waals surface area contributed by atoms with Gasteiger partial charge in [0.05, 0.1) is 6.54 Å². The summed E-state index contributed by atoms with van der Waals surface area (Å²) in [5.74, 6) is -0.254. The highest BCUT2D eigenvalue weighted by atomic mass is 16.5. The Hall–Kier alpha value is -1.30. The number of hydrogen-bond donors (Lipinski definition) is 2. The van der Waals surface area contributed by atoms with Gasteiger partial charge in [-0.25, -0.2) is 4.79 Å². The molecule has 0 heterocycles. The third kappa shape index (κ3) is 5.92. The van der Waals surface area contributed by atoms with Gasteiger partial charge < -0.3 is 20.5 Å². The van der Waals surface area contributed by atoms with Crippen LogP contribution in [-0.2, 0) is 14.3 Å². The molecule has 0 aromatic carbocycles. The number of rotatable bonds is 5. The van der Waals surface area contributed by atoms with Crippen molar-refractivity contribution in [3.8, 4) is 0 Å². The van der Waals surface area contributed by atoms with Gasteiger partial charge in [0.15, 0.2) is 0 Å². The van der Waals surface area contributed by atoms with E-state index in [1.54, 1.807) is 6.92 Å². The molecule has 0 aromatic heterocycles. The summed E-state index contributed by atoms with van der Waals surface area (Å²) in [6.07, 6.45) is -1.36. The lowest BCUT2D eigenvalue weighted by Gasteiger charge is -2.09. The third-order valence-electron chi connectivity index (χ3n) is 1.37. The second-order valence-corrected chi connectivity index (χ2v) is 2.34. The van der Waals surface area contributed by atoms with Gasteiger partial charge in [0.25, 0.3) is 0 Å². The minimum atomic E-state index is -0.853. The molecule has 76 valence electrons.